The van der Waals surface area contributed by atoms with Crippen LogP contribution in [0.4, 0.5) is 0 Å². The summed E-state index contributed by atoms with van der Waals surface area (Å²) in [6.07, 6.45) is 0. The maximum absolute atomic E-state index is 6.40. The molecule has 4 heterocycles. The molecule has 0 radical (unpaired) electrons. The molecule has 0 saturated carbocycles. The minimum atomic E-state index is 0.891. The standard InChI is InChI=1S/C48H29N3O/c1-3-13-30(14-4-1)49-37-20-10-7-18-35(37)45-39(49)25-27-41-47(45)48-42(50(41)31-15-5-2-6-16-31)28-26-40-46(48)36-19-8-11-21-38(36)51(40)32-23-24-34-33-17-9-12-22-43(33)52-44(34)29-32/h1-29H. The van der Waals surface area contributed by atoms with Crippen molar-refractivity contribution in [2.45, 2.75) is 0 Å². The summed E-state index contributed by atoms with van der Waals surface area (Å²) in [5.41, 5.74) is 12.3. The van der Waals surface area contributed by atoms with Crippen LogP contribution in [0.15, 0.2) is 180 Å². The van der Waals surface area contributed by atoms with E-state index in [2.05, 4.69) is 177 Å². The van der Waals surface area contributed by atoms with Gasteiger partial charge in [0.25, 0.3) is 0 Å². The van der Waals surface area contributed by atoms with Gasteiger partial charge >= 0.3 is 0 Å². The smallest absolute Gasteiger partial charge is 0.137 e. The summed E-state index contributed by atoms with van der Waals surface area (Å²) in [7, 11) is 0. The average Bonchev–Trinajstić information content (AvgIpc) is 3.94. The Morgan fingerprint density at radius 2 is 0.692 bits per heavy atom. The van der Waals surface area contributed by atoms with Crippen molar-refractivity contribution in [3.63, 3.8) is 0 Å². The van der Waals surface area contributed by atoms with Crippen LogP contribution < -0.4 is 0 Å². The lowest BCUT2D eigenvalue weighted by atomic mass is 10.0. The molecule has 4 heteroatoms. The third-order valence-electron chi connectivity index (χ3n) is 11.0. The Labute approximate surface area is 297 Å². The van der Waals surface area contributed by atoms with Gasteiger partial charge in [-0.15, -0.1) is 0 Å². The second-order valence-corrected chi connectivity index (χ2v) is 13.7. The van der Waals surface area contributed by atoms with Gasteiger partial charge in [0.15, 0.2) is 0 Å². The first-order valence-corrected chi connectivity index (χ1v) is 17.8. The lowest BCUT2D eigenvalue weighted by molar-refractivity contribution is 0.668. The fourth-order valence-corrected chi connectivity index (χ4v) is 8.95. The minimum Gasteiger partial charge on any atom is -0.456 e. The number of benzene rings is 8. The summed E-state index contributed by atoms with van der Waals surface area (Å²) in [4.78, 5) is 0. The zero-order valence-electron chi connectivity index (χ0n) is 28.0. The first-order valence-electron chi connectivity index (χ1n) is 17.8. The van der Waals surface area contributed by atoms with E-state index in [9.17, 15) is 0 Å². The van der Waals surface area contributed by atoms with Crippen molar-refractivity contribution in [2.24, 2.45) is 0 Å². The lowest BCUT2D eigenvalue weighted by Crippen LogP contribution is -1.95. The first-order chi connectivity index (χ1) is 25.8. The van der Waals surface area contributed by atoms with Crippen LogP contribution in [0.5, 0.6) is 0 Å². The molecule has 242 valence electrons. The molecule has 4 nitrogen and oxygen atoms in total. The highest BCUT2D eigenvalue weighted by molar-refractivity contribution is 6.36. The lowest BCUT2D eigenvalue weighted by Gasteiger charge is -2.09. The van der Waals surface area contributed by atoms with Gasteiger partial charge in [0, 0.05) is 66.2 Å². The summed E-state index contributed by atoms with van der Waals surface area (Å²) < 4.78 is 13.7. The molecule has 0 N–H and O–H groups in total. The van der Waals surface area contributed by atoms with E-state index in [0.29, 0.717) is 0 Å². The molecule has 8 aromatic carbocycles. The molecular weight excluding hydrogens is 635 g/mol. The second kappa shape index (κ2) is 10.3. The molecule has 0 saturated heterocycles. The van der Waals surface area contributed by atoms with Crippen molar-refractivity contribution >= 4 is 87.4 Å². The number of fused-ring (bicyclic) bond motifs is 14. The number of aromatic nitrogens is 3. The van der Waals surface area contributed by atoms with E-state index in [1.807, 2.05) is 12.1 Å². The summed E-state index contributed by atoms with van der Waals surface area (Å²) >= 11 is 0. The molecule has 0 spiro atoms. The maximum Gasteiger partial charge on any atom is 0.137 e. The van der Waals surface area contributed by atoms with Crippen LogP contribution in [0.25, 0.3) is 104 Å². The number of nitrogens with zero attached hydrogens (tertiary/aromatic N) is 3. The van der Waals surface area contributed by atoms with Gasteiger partial charge < -0.3 is 18.1 Å². The van der Waals surface area contributed by atoms with Crippen molar-refractivity contribution < 1.29 is 4.42 Å². The normalized spacial score (nSPS) is 12.2. The zero-order chi connectivity index (χ0) is 33.9. The Kier molecular flexibility index (Phi) is 5.47. The van der Waals surface area contributed by atoms with Gasteiger partial charge in [-0.25, -0.2) is 0 Å². The van der Waals surface area contributed by atoms with Crippen LogP contribution in [0, 0.1) is 0 Å². The van der Waals surface area contributed by atoms with Crippen molar-refractivity contribution in [1.29, 1.82) is 0 Å². The van der Waals surface area contributed by atoms with Gasteiger partial charge in [0.2, 0.25) is 0 Å². The van der Waals surface area contributed by atoms with E-state index in [0.717, 1.165) is 39.0 Å². The molecule has 0 fully saturated rings. The Morgan fingerprint density at radius 1 is 0.269 bits per heavy atom. The van der Waals surface area contributed by atoms with Gasteiger partial charge in [-0.1, -0.05) is 91.0 Å². The summed E-state index contributed by atoms with van der Waals surface area (Å²) in [5, 5.41) is 9.79. The first kappa shape index (κ1) is 27.7. The Balaban J connectivity index is 1.29. The Hall–Kier alpha value is -7.04. The van der Waals surface area contributed by atoms with E-state index >= 15 is 0 Å². The number of rotatable bonds is 3. The molecule has 12 aromatic rings. The van der Waals surface area contributed by atoms with Crippen LogP contribution in [-0.2, 0) is 0 Å². The molecule has 0 amide bonds. The van der Waals surface area contributed by atoms with Crippen LogP contribution >= 0.6 is 0 Å². The largest absolute Gasteiger partial charge is 0.456 e. The summed E-state index contributed by atoms with van der Waals surface area (Å²) in [5.74, 6) is 0. The minimum absolute atomic E-state index is 0.891. The average molecular weight is 664 g/mol. The van der Waals surface area contributed by atoms with E-state index in [1.165, 1.54) is 65.4 Å². The van der Waals surface area contributed by atoms with Crippen molar-refractivity contribution in [3.8, 4) is 17.1 Å². The number of furan rings is 1. The SMILES string of the molecule is c1ccc(-n2c3ccccc3c3c4c5c6c7ccccc7n(-c7ccc8c(c7)oc7ccccc78)c6ccc5n(-c5ccccc5)c4ccc32)cc1. The van der Waals surface area contributed by atoms with Gasteiger partial charge in [0.1, 0.15) is 11.2 Å². The topological polar surface area (TPSA) is 27.9 Å². The van der Waals surface area contributed by atoms with Crippen molar-refractivity contribution in [3.05, 3.63) is 176 Å². The van der Waals surface area contributed by atoms with Crippen molar-refractivity contribution in [1.82, 2.24) is 13.7 Å². The fourth-order valence-electron chi connectivity index (χ4n) is 8.95. The van der Waals surface area contributed by atoms with Gasteiger partial charge in [-0.3, -0.25) is 0 Å². The van der Waals surface area contributed by atoms with E-state index in [-0.39, 0.29) is 0 Å². The van der Waals surface area contributed by atoms with Crippen LogP contribution in [-0.4, -0.2) is 13.7 Å². The van der Waals surface area contributed by atoms with Crippen molar-refractivity contribution in [2.75, 3.05) is 0 Å². The monoisotopic (exact) mass is 663 g/mol. The van der Waals surface area contributed by atoms with Gasteiger partial charge in [0.05, 0.1) is 33.1 Å². The highest BCUT2D eigenvalue weighted by atomic mass is 16.3. The molecule has 0 atom stereocenters. The van der Waals surface area contributed by atoms with Crippen LogP contribution in [0.3, 0.4) is 0 Å². The molecular formula is C48H29N3O. The zero-order valence-corrected chi connectivity index (χ0v) is 28.0. The number of hydrogen-bond donors (Lipinski definition) is 0. The highest BCUT2D eigenvalue weighted by Crippen LogP contribution is 2.47. The summed E-state index contributed by atoms with van der Waals surface area (Å²) in [6.45, 7) is 0. The molecule has 0 aliphatic carbocycles. The molecule has 12 rings (SSSR count). The Morgan fingerprint density at radius 3 is 1.27 bits per heavy atom. The number of para-hydroxylation sites is 5. The predicted octanol–water partition coefficient (Wildman–Crippen LogP) is 12.9. The van der Waals surface area contributed by atoms with E-state index < -0.39 is 0 Å². The van der Waals surface area contributed by atoms with Crippen LogP contribution in [0.2, 0.25) is 0 Å². The summed E-state index contributed by atoms with van der Waals surface area (Å²) in [6, 6.07) is 63.4. The Bertz CT molecular complexity index is 3390. The van der Waals surface area contributed by atoms with Gasteiger partial charge in [-0.2, -0.15) is 0 Å². The molecule has 0 bridgehead atoms. The molecule has 4 aromatic heterocycles. The second-order valence-electron chi connectivity index (χ2n) is 13.7. The quantitative estimate of drug-likeness (QED) is 0.185. The third kappa shape index (κ3) is 3.60. The fraction of sp³-hybridized carbons (Fsp3) is 0. The van der Waals surface area contributed by atoms with Gasteiger partial charge in [-0.05, 0) is 78.9 Å². The maximum atomic E-state index is 6.40. The van der Waals surface area contributed by atoms with E-state index in [4.69, 9.17) is 4.42 Å². The molecule has 0 aliphatic heterocycles. The van der Waals surface area contributed by atoms with Crippen LogP contribution in [0.1, 0.15) is 0 Å². The molecule has 0 unspecified atom stereocenters. The molecule has 0 aliphatic rings. The third-order valence-corrected chi connectivity index (χ3v) is 11.0. The molecule has 52 heavy (non-hydrogen) atoms. The highest BCUT2D eigenvalue weighted by Gasteiger charge is 2.24. The van der Waals surface area contributed by atoms with E-state index in [1.54, 1.807) is 0 Å². The predicted molar refractivity (Wildman–Crippen MR) is 217 cm³/mol. The number of hydrogen-bond acceptors (Lipinski definition) is 1.